The predicted octanol–water partition coefficient (Wildman–Crippen LogP) is 4.25. The van der Waals surface area contributed by atoms with E-state index in [0.29, 0.717) is 5.69 Å². The Morgan fingerprint density at radius 1 is 1.47 bits per heavy atom. The number of ketones is 1. The van der Waals surface area contributed by atoms with Crippen LogP contribution >= 0.6 is 23.1 Å². The van der Waals surface area contributed by atoms with Gasteiger partial charge in [-0.05, 0) is 25.5 Å². The van der Waals surface area contributed by atoms with Gasteiger partial charge in [0.25, 0.3) is 0 Å². The van der Waals surface area contributed by atoms with Crippen molar-refractivity contribution in [1.29, 1.82) is 0 Å². The molecular formula is C14H22N2OS2. The largest absolute Gasteiger partial charge is 0.396 e. The molecular weight excluding hydrogens is 276 g/mol. The number of unbranched alkanes of at least 4 members (excludes halogenated alkanes) is 2. The van der Waals surface area contributed by atoms with Gasteiger partial charge in [-0.2, -0.15) is 0 Å². The highest BCUT2D eigenvalue weighted by Gasteiger charge is 2.33. The van der Waals surface area contributed by atoms with Gasteiger partial charge in [-0.1, -0.05) is 19.8 Å². The number of nitrogens with one attached hydrogen (secondary N) is 1. The molecule has 1 aromatic heterocycles. The standard InChI is InChI=1S/C14H22N2OS2/c1-3-4-5-8-16-14-13(18-2)10(15)12(19-14)11(17)9-6-7-9/h9,16H,3-8,15H2,1-2H3. The molecule has 5 heteroatoms. The summed E-state index contributed by atoms with van der Waals surface area (Å²) in [6, 6.07) is 0. The van der Waals surface area contributed by atoms with E-state index in [1.165, 1.54) is 24.2 Å². The molecule has 3 nitrogen and oxygen atoms in total. The summed E-state index contributed by atoms with van der Waals surface area (Å²) in [5.74, 6) is 0.489. The molecule has 1 heterocycles. The lowest BCUT2D eigenvalue weighted by molar-refractivity contribution is 0.0972. The average Bonchev–Trinajstić information content (AvgIpc) is 3.19. The van der Waals surface area contributed by atoms with Crippen LogP contribution in [0, 0.1) is 5.92 Å². The molecule has 0 aliphatic heterocycles. The Labute approximate surface area is 123 Å². The number of nitrogens with two attached hydrogens (primary N) is 1. The second-order valence-electron chi connectivity index (χ2n) is 4.98. The minimum absolute atomic E-state index is 0.239. The summed E-state index contributed by atoms with van der Waals surface area (Å²) in [6.45, 7) is 3.15. The lowest BCUT2D eigenvalue weighted by Gasteiger charge is -2.05. The van der Waals surface area contributed by atoms with E-state index in [4.69, 9.17) is 5.73 Å². The van der Waals surface area contributed by atoms with Crippen molar-refractivity contribution in [2.24, 2.45) is 5.92 Å². The maximum absolute atomic E-state index is 12.2. The number of thiophene rings is 1. The maximum Gasteiger partial charge on any atom is 0.178 e. The van der Waals surface area contributed by atoms with Gasteiger partial charge in [0.15, 0.2) is 5.78 Å². The highest BCUT2D eigenvalue weighted by molar-refractivity contribution is 7.99. The molecule has 0 radical (unpaired) electrons. The fourth-order valence-corrected chi connectivity index (χ4v) is 4.12. The van der Waals surface area contributed by atoms with Gasteiger partial charge in [0.2, 0.25) is 0 Å². The summed E-state index contributed by atoms with van der Waals surface area (Å²) in [5.41, 5.74) is 6.83. The van der Waals surface area contributed by atoms with E-state index in [-0.39, 0.29) is 11.7 Å². The number of thioether (sulfide) groups is 1. The van der Waals surface area contributed by atoms with E-state index < -0.39 is 0 Å². The monoisotopic (exact) mass is 298 g/mol. The second-order valence-corrected chi connectivity index (χ2v) is 6.82. The molecule has 0 unspecified atom stereocenters. The topological polar surface area (TPSA) is 55.1 Å². The first-order valence-corrected chi connectivity index (χ1v) is 8.97. The Hall–Kier alpha value is -0.680. The van der Waals surface area contributed by atoms with Gasteiger partial charge in [0, 0.05) is 12.5 Å². The highest BCUT2D eigenvalue weighted by atomic mass is 32.2. The van der Waals surface area contributed by atoms with Gasteiger partial charge in [0.05, 0.1) is 15.5 Å². The van der Waals surface area contributed by atoms with Crippen LogP contribution in [0.5, 0.6) is 0 Å². The molecule has 0 bridgehead atoms. The predicted molar refractivity (Wildman–Crippen MR) is 85.6 cm³/mol. The Balaban J connectivity index is 2.08. The van der Waals surface area contributed by atoms with Crippen LogP contribution in [0.4, 0.5) is 10.7 Å². The average molecular weight is 298 g/mol. The van der Waals surface area contributed by atoms with Crippen LogP contribution in [-0.2, 0) is 0 Å². The molecule has 0 saturated heterocycles. The molecule has 1 aromatic rings. The summed E-state index contributed by atoms with van der Waals surface area (Å²) in [6.07, 6.45) is 7.69. The summed E-state index contributed by atoms with van der Waals surface area (Å²) < 4.78 is 0. The third-order valence-electron chi connectivity index (χ3n) is 3.34. The van der Waals surface area contributed by atoms with Gasteiger partial charge in [-0.15, -0.1) is 23.1 Å². The van der Waals surface area contributed by atoms with Gasteiger partial charge < -0.3 is 11.1 Å². The summed E-state index contributed by atoms with van der Waals surface area (Å²) in [5, 5.41) is 4.51. The normalized spacial score (nSPS) is 14.6. The second kappa shape index (κ2) is 6.66. The molecule has 0 aromatic carbocycles. The zero-order valence-electron chi connectivity index (χ0n) is 11.6. The van der Waals surface area contributed by atoms with Gasteiger partial charge in [0.1, 0.15) is 5.00 Å². The Morgan fingerprint density at radius 3 is 2.79 bits per heavy atom. The Kier molecular flexibility index (Phi) is 5.16. The van der Waals surface area contributed by atoms with E-state index >= 15 is 0 Å². The first kappa shape index (κ1) is 14.7. The van der Waals surface area contributed by atoms with Crippen molar-refractivity contribution in [1.82, 2.24) is 0 Å². The van der Waals surface area contributed by atoms with Gasteiger partial charge >= 0.3 is 0 Å². The number of anilines is 2. The number of carbonyl (C=O) groups excluding carboxylic acids is 1. The molecule has 2 rings (SSSR count). The number of hydrogen-bond donors (Lipinski definition) is 2. The third-order valence-corrected chi connectivity index (χ3v) is 5.48. The van der Waals surface area contributed by atoms with E-state index in [0.717, 1.165) is 40.6 Å². The van der Waals surface area contributed by atoms with E-state index in [1.807, 2.05) is 6.26 Å². The van der Waals surface area contributed by atoms with E-state index in [1.54, 1.807) is 11.8 Å². The van der Waals surface area contributed by atoms with Crippen LogP contribution < -0.4 is 11.1 Å². The molecule has 1 aliphatic rings. The number of carbonyl (C=O) groups is 1. The molecule has 1 aliphatic carbocycles. The number of rotatable bonds is 8. The van der Waals surface area contributed by atoms with Crippen LogP contribution in [-0.4, -0.2) is 18.6 Å². The van der Waals surface area contributed by atoms with Crippen LogP contribution in [0.25, 0.3) is 0 Å². The summed E-state index contributed by atoms with van der Waals surface area (Å²) in [4.78, 5) is 14.0. The summed E-state index contributed by atoms with van der Waals surface area (Å²) >= 11 is 3.17. The molecule has 0 spiro atoms. The first-order valence-electron chi connectivity index (χ1n) is 6.93. The minimum Gasteiger partial charge on any atom is -0.396 e. The van der Waals surface area contributed by atoms with Crippen molar-refractivity contribution in [3.63, 3.8) is 0 Å². The lowest BCUT2D eigenvalue weighted by atomic mass is 10.2. The SMILES string of the molecule is CCCCCNc1sc(C(=O)C2CC2)c(N)c1SC. The molecule has 106 valence electrons. The van der Waals surface area contributed by atoms with Crippen LogP contribution in [0.2, 0.25) is 0 Å². The molecule has 0 atom stereocenters. The van der Waals surface area contributed by atoms with Crippen molar-refractivity contribution in [2.45, 2.75) is 43.9 Å². The lowest BCUT2D eigenvalue weighted by Crippen LogP contribution is -2.02. The smallest absolute Gasteiger partial charge is 0.178 e. The zero-order chi connectivity index (χ0) is 13.8. The fraction of sp³-hybridized carbons (Fsp3) is 0.643. The van der Waals surface area contributed by atoms with Crippen LogP contribution in [0.15, 0.2) is 4.90 Å². The molecule has 1 fully saturated rings. The maximum atomic E-state index is 12.2. The van der Waals surface area contributed by atoms with Crippen molar-refractivity contribution >= 4 is 39.6 Å². The van der Waals surface area contributed by atoms with Gasteiger partial charge in [-0.3, -0.25) is 4.79 Å². The third kappa shape index (κ3) is 3.45. The van der Waals surface area contributed by atoms with Crippen LogP contribution in [0.1, 0.15) is 48.7 Å². The molecule has 19 heavy (non-hydrogen) atoms. The number of hydrogen-bond acceptors (Lipinski definition) is 5. The van der Waals surface area contributed by atoms with E-state index in [9.17, 15) is 4.79 Å². The Bertz CT molecular complexity index is 453. The van der Waals surface area contributed by atoms with Crippen LogP contribution in [0.3, 0.4) is 0 Å². The molecule has 3 N–H and O–H groups in total. The van der Waals surface area contributed by atoms with E-state index in [2.05, 4.69) is 12.2 Å². The first-order chi connectivity index (χ1) is 9.19. The van der Waals surface area contributed by atoms with Crippen molar-refractivity contribution in [3.8, 4) is 0 Å². The van der Waals surface area contributed by atoms with Crippen molar-refractivity contribution < 1.29 is 4.79 Å². The minimum atomic E-state index is 0.239. The molecule has 0 amide bonds. The Morgan fingerprint density at radius 2 is 2.21 bits per heavy atom. The highest BCUT2D eigenvalue weighted by Crippen LogP contribution is 2.45. The fourth-order valence-electron chi connectivity index (χ4n) is 2.04. The zero-order valence-corrected chi connectivity index (χ0v) is 13.3. The molecule has 1 saturated carbocycles. The number of nitrogen functional groups attached to an aromatic ring is 1. The van der Waals surface area contributed by atoms with Gasteiger partial charge in [-0.25, -0.2) is 0 Å². The summed E-state index contributed by atoms with van der Waals surface area (Å²) in [7, 11) is 0. The number of Topliss-reactive ketones (excluding diaryl/α,β-unsaturated/α-hetero) is 1. The van der Waals surface area contributed by atoms with Crippen molar-refractivity contribution in [2.75, 3.05) is 23.9 Å². The van der Waals surface area contributed by atoms with Crippen molar-refractivity contribution in [3.05, 3.63) is 4.88 Å². The quantitative estimate of drug-likeness (QED) is 0.428.